The number of nitrogens with one attached hydrogen (secondary N) is 2. The third kappa shape index (κ3) is 5.30. The van der Waals surface area contributed by atoms with Crippen molar-refractivity contribution < 1.29 is 9.59 Å². The van der Waals surface area contributed by atoms with E-state index in [0.29, 0.717) is 45.5 Å². The zero-order chi connectivity index (χ0) is 26.0. The average molecular weight is 505 g/mol. The maximum Gasteiger partial charge on any atom is 0.258 e. The van der Waals surface area contributed by atoms with Gasteiger partial charge >= 0.3 is 0 Å². The van der Waals surface area contributed by atoms with Crippen molar-refractivity contribution in [1.29, 1.82) is 0 Å². The van der Waals surface area contributed by atoms with Crippen molar-refractivity contribution >= 4 is 63.1 Å². The maximum atomic E-state index is 13.1. The van der Waals surface area contributed by atoms with E-state index < -0.39 is 0 Å². The number of rotatable bonds is 7. The number of fused-ring (bicyclic) bond motifs is 1. The molecule has 0 aliphatic carbocycles. The highest BCUT2D eigenvalue weighted by atomic mass is 35.5. The minimum Gasteiger partial charge on any atom is -0.397 e. The molecular weight excluding hydrogens is 476 g/mol. The van der Waals surface area contributed by atoms with E-state index in [2.05, 4.69) is 10.6 Å². The summed E-state index contributed by atoms with van der Waals surface area (Å²) in [6, 6.07) is 18.0. The Balaban J connectivity index is 1.75. The molecule has 3 aromatic rings. The van der Waals surface area contributed by atoms with Gasteiger partial charge in [-0.2, -0.15) is 0 Å². The molecule has 1 aliphatic rings. The van der Waals surface area contributed by atoms with Gasteiger partial charge in [-0.25, -0.2) is 0 Å². The van der Waals surface area contributed by atoms with Gasteiger partial charge in [0.15, 0.2) is 0 Å². The zero-order valence-corrected chi connectivity index (χ0v) is 21.2. The lowest BCUT2D eigenvalue weighted by Crippen LogP contribution is -2.35. The number of amides is 2. The predicted octanol–water partition coefficient (Wildman–Crippen LogP) is 4.35. The third-order valence-electron chi connectivity index (χ3n) is 5.95. The van der Waals surface area contributed by atoms with Gasteiger partial charge in [0, 0.05) is 47.5 Å². The molecule has 186 valence electrons. The first-order chi connectivity index (χ1) is 17.1. The van der Waals surface area contributed by atoms with E-state index in [9.17, 15) is 9.59 Å². The van der Waals surface area contributed by atoms with Crippen molar-refractivity contribution in [1.82, 2.24) is 4.90 Å². The molecule has 9 heteroatoms. The van der Waals surface area contributed by atoms with Crippen molar-refractivity contribution in [3.05, 3.63) is 76.8 Å². The molecule has 0 saturated heterocycles. The lowest BCUT2D eigenvalue weighted by molar-refractivity contribution is -0.116. The molecule has 36 heavy (non-hydrogen) atoms. The number of nitrogen functional groups attached to an aromatic ring is 2. The number of nitrogens with two attached hydrogens (primary N) is 2. The Bertz CT molecular complexity index is 1350. The molecule has 0 unspecified atom stereocenters. The van der Waals surface area contributed by atoms with E-state index >= 15 is 0 Å². The molecule has 1 heterocycles. The molecule has 0 spiro atoms. The standard InChI is InChI=1S/C27H29ClN6O2/c1-16(35)34(13-12-33(2)3)20-8-6-19(7-9-20)31-26(17-4-11-22(29)23(30)14-17)25-21-10-5-18(28)15-24(21)32-27(25)36/h4-11,14-15,31H,12-13,29-30H2,1-3H3,(H,32,36)/b26-25+. The fourth-order valence-corrected chi connectivity index (χ4v) is 4.21. The molecule has 0 bridgehead atoms. The van der Waals surface area contributed by atoms with Crippen LogP contribution >= 0.6 is 11.6 Å². The van der Waals surface area contributed by atoms with Gasteiger partial charge in [0.05, 0.1) is 28.3 Å². The van der Waals surface area contributed by atoms with E-state index in [4.69, 9.17) is 23.1 Å². The Labute approximate surface area is 215 Å². The minimum absolute atomic E-state index is 0.0318. The van der Waals surface area contributed by atoms with Gasteiger partial charge in [-0.15, -0.1) is 0 Å². The number of nitrogens with zero attached hydrogens (tertiary/aromatic N) is 2. The van der Waals surface area contributed by atoms with Gasteiger partial charge in [0.25, 0.3) is 5.91 Å². The average Bonchev–Trinajstić information content (AvgIpc) is 3.14. The third-order valence-corrected chi connectivity index (χ3v) is 6.19. The smallest absolute Gasteiger partial charge is 0.258 e. The topological polar surface area (TPSA) is 117 Å². The van der Waals surface area contributed by atoms with E-state index in [0.717, 1.165) is 23.5 Å². The van der Waals surface area contributed by atoms with Crippen molar-refractivity contribution in [3.8, 4) is 0 Å². The second-order valence-corrected chi connectivity index (χ2v) is 9.32. The molecule has 2 amide bonds. The summed E-state index contributed by atoms with van der Waals surface area (Å²) >= 11 is 6.14. The minimum atomic E-state index is -0.256. The lowest BCUT2D eigenvalue weighted by Gasteiger charge is -2.23. The second kappa shape index (κ2) is 10.3. The summed E-state index contributed by atoms with van der Waals surface area (Å²) in [6.45, 7) is 2.87. The van der Waals surface area contributed by atoms with Crippen LogP contribution in [0.5, 0.6) is 0 Å². The number of hydrogen-bond acceptors (Lipinski definition) is 6. The first-order valence-corrected chi connectivity index (χ1v) is 11.8. The van der Waals surface area contributed by atoms with Crippen molar-refractivity contribution in [2.45, 2.75) is 6.92 Å². The zero-order valence-electron chi connectivity index (χ0n) is 20.4. The number of likely N-dealkylation sites (N-methyl/N-ethyl adjacent to an activating group) is 1. The SMILES string of the molecule is CC(=O)N(CCN(C)C)c1ccc(N/C(=C2/C(=O)Nc3cc(Cl)ccc32)c2ccc(N)c(N)c2)cc1. The van der Waals surface area contributed by atoms with Crippen LogP contribution in [-0.2, 0) is 9.59 Å². The van der Waals surface area contributed by atoms with Crippen molar-refractivity contribution in [3.63, 3.8) is 0 Å². The normalized spacial score (nSPS) is 13.9. The number of hydrogen-bond donors (Lipinski definition) is 4. The number of benzene rings is 3. The van der Waals surface area contributed by atoms with Crippen molar-refractivity contribution in [2.24, 2.45) is 0 Å². The van der Waals surface area contributed by atoms with Crippen LogP contribution in [0.4, 0.5) is 28.4 Å². The van der Waals surface area contributed by atoms with Crippen LogP contribution in [0.1, 0.15) is 18.1 Å². The molecule has 3 aromatic carbocycles. The van der Waals surface area contributed by atoms with Gasteiger partial charge in [0.2, 0.25) is 5.91 Å². The first-order valence-electron chi connectivity index (χ1n) is 11.4. The molecule has 4 rings (SSSR count). The van der Waals surface area contributed by atoms with E-state index in [1.165, 1.54) is 0 Å². The van der Waals surface area contributed by atoms with E-state index in [1.807, 2.05) is 55.4 Å². The van der Waals surface area contributed by atoms with Gasteiger partial charge in [0.1, 0.15) is 0 Å². The summed E-state index contributed by atoms with van der Waals surface area (Å²) < 4.78 is 0. The Morgan fingerprint density at radius 1 is 0.972 bits per heavy atom. The Morgan fingerprint density at radius 2 is 1.69 bits per heavy atom. The quantitative estimate of drug-likeness (QED) is 0.281. The molecule has 0 radical (unpaired) electrons. The fourth-order valence-electron chi connectivity index (χ4n) is 4.04. The summed E-state index contributed by atoms with van der Waals surface area (Å²) in [6.07, 6.45) is 0. The van der Waals surface area contributed by atoms with E-state index in [-0.39, 0.29) is 11.8 Å². The molecule has 0 fully saturated rings. The Kier molecular flexibility index (Phi) is 7.19. The van der Waals surface area contributed by atoms with E-state index in [1.54, 1.807) is 36.1 Å². The number of anilines is 5. The molecule has 0 atom stereocenters. The molecule has 8 nitrogen and oxygen atoms in total. The molecule has 6 N–H and O–H groups in total. The summed E-state index contributed by atoms with van der Waals surface area (Å²) in [4.78, 5) is 29.1. The Morgan fingerprint density at radius 3 is 2.33 bits per heavy atom. The van der Waals surface area contributed by atoms with Crippen LogP contribution in [0.25, 0.3) is 11.3 Å². The van der Waals surface area contributed by atoms with Gasteiger partial charge in [-0.05, 0) is 62.6 Å². The maximum absolute atomic E-state index is 13.1. The van der Waals surface area contributed by atoms with Crippen LogP contribution in [0.15, 0.2) is 60.7 Å². The number of halogens is 1. The van der Waals surface area contributed by atoms with Gasteiger partial charge in [-0.1, -0.05) is 23.7 Å². The summed E-state index contributed by atoms with van der Waals surface area (Å²) in [5.41, 5.74) is 17.5. The first kappa shape index (κ1) is 25.1. The largest absolute Gasteiger partial charge is 0.397 e. The lowest BCUT2D eigenvalue weighted by atomic mass is 9.99. The monoisotopic (exact) mass is 504 g/mol. The summed E-state index contributed by atoms with van der Waals surface area (Å²) in [5, 5.41) is 6.81. The highest BCUT2D eigenvalue weighted by Crippen LogP contribution is 2.39. The number of carbonyl (C=O) groups is 2. The molecule has 0 saturated carbocycles. The van der Waals surface area contributed by atoms with Crippen LogP contribution in [0, 0.1) is 0 Å². The van der Waals surface area contributed by atoms with Crippen LogP contribution in [0.2, 0.25) is 5.02 Å². The summed E-state index contributed by atoms with van der Waals surface area (Å²) in [5.74, 6) is -0.288. The van der Waals surface area contributed by atoms with Crippen LogP contribution < -0.4 is 27.0 Å². The molecule has 0 aromatic heterocycles. The summed E-state index contributed by atoms with van der Waals surface area (Å²) in [7, 11) is 3.94. The van der Waals surface area contributed by atoms with Gasteiger partial charge < -0.3 is 31.9 Å². The van der Waals surface area contributed by atoms with Crippen LogP contribution in [-0.4, -0.2) is 43.9 Å². The fraction of sp³-hybridized carbons (Fsp3) is 0.185. The highest BCUT2D eigenvalue weighted by molar-refractivity contribution is 6.38. The molecular formula is C27H29ClN6O2. The highest BCUT2D eigenvalue weighted by Gasteiger charge is 2.29. The van der Waals surface area contributed by atoms with Crippen LogP contribution in [0.3, 0.4) is 0 Å². The van der Waals surface area contributed by atoms with Gasteiger partial charge in [-0.3, -0.25) is 9.59 Å². The second-order valence-electron chi connectivity index (χ2n) is 8.88. The molecule has 1 aliphatic heterocycles. The predicted molar refractivity (Wildman–Crippen MR) is 149 cm³/mol. The van der Waals surface area contributed by atoms with Crippen molar-refractivity contribution in [2.75, 3.05) is 54.2 Å². The Hall–Kier alpha value is -4.01. The number of carbonyl (C=O) groups excluding carboxylic acids is 2.